The van der Waals surface area contributed by atoms with Crippen LogP contribution in [0.1, 0.15) is 252 Å². The van der Waals surface area contributed by atoms with E-state index in [9.17, 15) is 67.8 Å². The van der Waals surface area contributed by atoms with Crippen LogP contribution in [0.15, 0.2) is 0 Å². The fourth-order valence-corrected chi connectivity index (χ4v) is 8.56. The fraction of sp³-hybridized carbons (Fsp3) is 0.943. The van der Waals surface area contributed by atoms with Gasteiger partial charge in [0.15, 0.2) is 5.60 Å². The molecular formula is C53H91F11O7. The van der Waals surface area contributed by atoms with Crippen LogP contribution in [-0.4, -0.2) is 78.3 Å². The Balaban J connectivity index is 6.25. The van der Waals surface area contributed by atoms with Crippen molar-refractivity contribution in [3.05, 3.63) is 0 Å². The number of aliphatic hydroxyl groups is 1. The normalized spacial score (nSPS) is 14.5. The second-order valence-electron chi connectivity index (χ2n) is 19.9. The molecule has 0 radical (unpaired) electrons. The maximum atomic E-state index is 14.4. The first-order chi connectivity index (χ1) is 33.4. The first kappa shape index (κ1) is 68.6. The van der Waals surface area contributed by atoms with Gasteiger partial charge < -0.3 is 19.3 Å². The van der Waals surface area contributed by atoms with Crippen LogP contribution in [0.3, 0.4) is 0 Å². The Morgan fingerprint density at radius 2 is 0.690 bits per heavy atom. The summed E-state index contributed by atoms with van der Waals surface area (Å²) in [4.78, 5) is 40.2. The van der Waals surface area contributed by atoms with Crippen LogP contribution in [0.4, 0.5) is 48.3 Å². The van der Waals surface area contributed by atoms with E-state index in [1.807, 2.05) is 0 Å². The summed E-state index contributed by atoms with van der Waals surface area (Å²) in [5.41, 5.74) is -3.07. The lowest BCUT2D eigenvalue weighted by Crippen LogP contribution is -2.66. The van der Waals surface area contributed by atoms with Gasteiger partial charge in [0.1, 0.15) is 0 Å². The Labute approximate surface area is 418 Å². The minimum atomic E-state index is -7.64. The molecule has 0 spiro atoms. The highest BCUT2D eigenvalue weighted by atomic mass is 19.4. The van der Waals surface area contributed by atoms with Crippen LogP contribution in [0.25, 0.3) is 0 Å². The van der Waals surface area contributed by atoms with E-state index in [0.29, 0.717) is 12.8 Å². The summed E-state index contributed by atoms with van der Waals surface area (Å²) in [5, 5.41) is 11.7. The monoisotopic (exact) mass is 1050 g/mol. The molecule has 0 aromatic rings. The van der Waals surface area contributed by atoms with Crippen molar-refractivity contribution in [1.29, 1.82) is 0 Å². The minimum absolute atomic E-state index is 0.0717. The van der Waals surface area contributed by atoms with Gasteiger partial charge in [0, 0.05) is 0 Å². The second-order valence-corrected chi connectivity index (χ2v) is 19.9. The second kappa shape index (κ2) is 37.3. The number of ether oxygens (including phenoxy) is 3. The Bertz CT molecular complexity index is 1380. The van der Waals surface area contributed by atoms with Gasteiger partial charge in [0.05, 0.1) is 39.1 Å². The summed E-state index contributed by atoms with van der Waals surface area (Å²) in [6.45, 7) is 6.23. The molecule has 0 fully saturated rings. The molecule has 0 saturated heterocycles. The molecule has 3 unspecified atom stereocenters. The van der Waals surface area contributed by atoms with Crippen LogP contribution in [-0.2, 0) is 28.6 Å². The van der Waals surface area contributed by atoms with E-state index in [-0.39, 0.29) is 25.0 Å². The van der Waals surface area contributed by atoms with E-state index >= 15 is 0 Å². The van der Waals surface area contributed by atoms with E-state index in [1.54, 1.807) is 0 Å². The third-order valence-electron chi connectivity index (χ3n) is 13.3. The molecule has 422 valence electrons. The van der Waals surface area contributed by atoms with Crippen molar-refractivity contribution < 1.29 is 82.0 Å². The fourth-order valence-electron chi connectivity index (χ4n) is 8.56. The summed E-state index contributed by atoms with van der Waals surface area (Å²) in [6, 6.07) is 0. The summed E-state index contributed by atoms with van der Waals surface area (Å²) < 4.78 is 165. The predicted octanol–water partition coefficient (Wildman–Crippen LogP) is 17.4. The number of unbranched alkanes of at least 4 members (excludes halogenated alkanes) is 24. The van der Waals surface area contributed by atoms with Gasteiger partial charge in [-0.3, -0.25) is 9.59 Å². The Morgan fingerprint density at radius 3 is 1.01 bits per heavy atom. The summed E-state index contributed by atoms with van der Waals surface area (Å²) in [5.74, 6) is -33.5. The van der Waals surface area contributed by atoms with Crippen LogP contribution in [0, 0.1) is 11.8 Å². The van der Waals surface area contributed by atoms with Gasteiger partial charge in [-0.1, -0.05) is 207 Å². The van der Waals surface area contributed by atoms with Crippen molar-refractivity contribution in [2.24, 2.45) is 11.8 Å². The number of alkyl halides is 11. The number of esters is 3. The summed E-state index contributed by atoms with van der Waals surface area (Å²) in [7, 11) is 0. The number of carbonyl (C=O) groups is 3. The molecule has 0 aromatic carbocycles. The molecule has 7 nitrogen and oxygen atoms in total. The number of carbonyl (C=O) groups excluding carboxylic acids is 3. The van der Waals surface area contributed by atoms with Crippen molar-refractivity contribution in [2.75, 3.05) is 19.8 Å². The highest BCUT2D eigenvalue weighted by Gasteiger charge is 2.86. The van der Waals surface area contributed by atoms with Crippen LogP contribution >= 0.6 is 0 Å². The van der Waals surface area contributed by atoms with Crippen LogP contribution < -0.4 is 0 Å². The van der Waals surface area contributed by atoms with Gasteiger partial charge in [0.2, 0.25) is 0 Å². The molecule has 0 aromatic heterocycles. The van der Waals surface area contributed by atoms with Crippen molar-refractivity contribution in [3.8, 4) is 0 Å². The molecule has 71 heavy (non-hydrogen) atoms. The molecule has 18 heteroatoms. The first-order valence-corrected chi connectivity index (χ1v) is 27.2. The zero-order chi connectivity index (χ0) is 53.9. The Hall–Kier alpha value is -2.40. The van der Waals surface area contributed by atoms with E-state index in [1.165, 1.54) is 19.3 Å². The van der Waals surface area contributed by atoms with Crippen LogP contribution in [0.2, 0.25) is 0 Å². The topological polar surface area (TPSA) is 99.1 Å². The number of hydrogen-bond donors (Lipinski definition) is 1. The molecule has 3 atom stereocenters. The van der Waals surface area contributed by atoms with E-state index < -0.39 is 79.2 Å². The van der Waals surface area contributed by atoms with Gasteiger partial charge >= 0.3 is 47.8 Å². The average Bonchev–Trinajstić information content (AvgIpc) is 3.29. The Kier molecular flexibility index (Phi) is 36.1. The van der Waals surface area contributed by atoms with Crippen molar-refractivity contribution in [3.63, 3.8) is 0 Å². The molecule has 1 N–H and O–H groups in total. The van der Waals surface area contributed by atoms with Gasteiger partial charge in [-0.2, -0.15) is 48.3 Å². The molecule has 0 saturated carbocycles. The Morgan fingerprint density at radius 1 is 0.394 bits per heavy atom. The minimum Gasteiger partial charge on any atom is -0.465 e. The largest absolute Gasteiger partial charge is 0.465 e. The van der Waals surface area contributed by atoms with Gasteiger partial charge in [-0.15, -0.1) is 0 Å². The van der Waals surface area contributed by atoms with E-state index in [0.717, 1.165) is 173 Å². The lowest BCUT2D eigenvalue weighted by Gasteiger charge is -2.37. The van der Waals surface area contributed by atoms with E-state index in [2.05, 4.69) is 32.4 Å². The lowest BCUT2D eigenvalue weighted by molar-refractivity contribution is -0.422. The lowest BCUT2D eigenvalue weighted by atomic mass is 9.93. The molecule has 0 aliphatic heterocycles. The molecule has 0 aliphatic rings. The van der Waals surface area contributed by atoms with Crippen molar-refractivity contribution >= 4 is 17.9 Å². The molecular weight excluding hydrogens is 958 g/mol. The highest BCUT2D eigenvalue weighted by molar-refractivity contribution is 5.90. The van der Waals surface area contributed by atoms with Gasteiger partial charge in [0.25, 0.3) is 0 Å². The van der Waals surface area contributed by atoms with Crippen molar-refractivity contribution in [2.45, 2.75) is 288 Å². The van der Waals surface area contributed by atoms with Gasteiger partial charge in [-0.05, 0) is 37.5 Å². The predicted molar refractivity (Wildman–Crippen MR) is 255 cm³/mol. The molecule has 0 heterocycles. The maximum Gasteiger partial charge on any atom is 0.460 e. The third-order valence-corrected chi connectivity index (χ3v) is 13.3. The van der Waals surface area contributed by atoms with E-state index in [4.69, 9.17) is 9.47 Å². The molecule has 0 amide bonds. The van der Waals surface area contributed by atoms with Crippen molar-refractivity contribution in [1.82, 2.24) is 0 Å². The zero-order valence-corrected chi connectivity index (χ0v) is 43.6. The summed E-state index contributed by atoms with van der Waals surface area (Å²) >= 11 is 0. The van der Waals surface area contributed by atoms with Crippen LogP contribution in [0.5, 0.6) is 0 Å². The highest BCUT2D eigenvalue weighted by Crippen LogP contribution is 2.58. The number of halogens is 11. The average molecular weight is 1050 g/mol. The number of rotatable bonds is 47. The quantitative estimate of drug-likeness (QED) is 0.0280. The maximum absolute atomic E-state index is 14.4. The standard InChI is InChI=1S/C53H91F11O7/c1-5-9-13-17-21-23-27-31-34-43(33-29-25-19-15-11-7-3)41-70-46(66)40-48(68,39-45(65)69-38-37-49(54,55)50(56,57)51(58,59)52(60,61)53(62,63)64)47(67)71-42-44(35-30-26-20-16-12-8-4)36-32-28-24-22-18-14-10-6-2/h43-44,68H,5-42H2,1-4H3. The number of hydrogen-bond acceptors (Lipinski definition) is 7. The molecule has 0 aliphatic carbocycles. The molecule has 0 bridgehead atoms. The first-order valence-electron chi connectivity index (χ1n) is 27.2. The zero-order valence-electron chi connectivity index (χ0n) is 43.6. The SMILES string of the molecule is CCCCCCCCCCC(CCCCCCCC)COC(=O)CC(O)(CC(=O)OCCC(F)(F)C(F)(F)C(F)(F)C(F)(F)C(F)(F)F)C(=O)OCC(CCCCCCCC)CCCCCCCCCC. The smallest absolute Gasteiger partial charge is 0.460 e. The summed E-state index contributed by atoms with van der Waals surface area (Å²) in [6.07, 6.45) is 19.3. The molecule has 0 rings (SSSR count). The third kappa shape index (κ3) is 27.6. The van der Waals surface area contributed by atoms with Gasteiger partial charge in [-0.25, -0.2) is 4.79 Å².